The first-order valence-electron chi connectivity index (χ1n) is 7.03. The van der Waals surface area contributed by atoms with Crippen molar-refractivity contribution in [2.45, 2.75) is 26.5 Å². The second-order valence-corrected chi connectivity index (χ2v) is 5.33. The van der Waals surface area contributed by atoms with Gasteiger partial charge in [0.1, 0.15) is 5.82 Å². The third kappa shape index (κ3) is 4.00. The van der Waals surface area contributed by atoms with Crippen molar-refractivity contribution in [3.8, 4) is 11.3 Å². The summed E-state index contributed by atoms with van der Waals surface area (Å²) in [6.45, 7) is 4.12. The van der Waals surface area contributed by atoms with Crippen LogP contribution in [-0.4, -0.2) is 32.8 Å². The van der Waals surface area contributed by atoms with Gasteiger partial charge in [0, 0.05) is 5.56 Å². The van der Waals surface area contributed by atoms with Crippen LogP contribution in [0.25, 0.3) is 11.3 Å². The highest BCUT2D eigenvalue weighted by Crippen LogP contribution is 2.20. The van der Waals surface area contributed by atoms with Crippen molar-refractivity contribution < 1.29 is 10.2 Å². The fourth-order valence-electron chi connectivity index (χ4n) is 2.02. The number of anilines is 1. The molecule has 1 aromatic carbocycles. The number of nitrogens with zero attached hydrogens (tertiary/aromatic N) is 2. The maximum atomic E-state index is 9.37. The van der Waals surface area contributed by atoms with Gasteiger partial charge in [-0.3, -0.25) is 4.98 Å². The molecule has 0 saturated carbocycles. The molecule has 0 aliphatic carbocycles. The first-order chi connectivity index (χ1) is 10.1. The van der Waals surface area contributed by atoms with Crippen LogP contribution in [0.2, 0.25) is 0 Å². The molecular formula is C16H21N3O2. The third-order valence-corrected chi connectivity index (χ3v) is 3.37. The summed E-state index contributed by atoms with van der Waals surface area (Å²) in [5.74, 6) is 0.924. The summed E-state index contributed by atoms with van der Waals surface area (Å²) >= 11 is 0. The Balaban J connectivity index is 2.24. The lowest BCUT2D eigenvalue weighted by molar-refractivity contribution is 0.249. The molecule has 1 atom stereocenters. The zero-order valence-corrected chi connectivity index (χ0v) is 12.3. The average molecular weight is 287 g/mol. The summed E-state index contributed by atoms with van der Waals surface area (Å²) in [6, 6.07) is 7.50. The van der Waals surface area contributed by atoms with E-state index in [1.54, 1.807) is 12.4 Å². The molecule has 0 radical (unpaired) electrons. The van der Waals surface area contributed by atoms with Gasteiger partial charge in [-0.05, 0) is 17.5 Å². The highest BCUT2D eigenvalue weighted by molar-refractivity contribution is 5.60. The van der Waals surface area contributed by atoms with Gasteiger partial charge in [0.15, 0.2) is 0 Å². The Kier molecular flexibility index (Phi) is 5.25. The first-order valence-corrected chi connectivity index (χ1v) is 7.03. The van der Waals surface area contributed by atoms with Crippen LogP contribution in [0.5, 0.6) is 0 Å². The maximum Gasteiger partial charge on any atom is 0.145 e. The lowest BCUT2D eigenvalue weighted by Crippen LogP contribution is -2.29. The van der Waals surface area contributed by atoms with E-state index < -0.39 is 0 Å². The topological polar surface area (TPSA) is 78.3 Å². The Bertz CT molecular complexity index is 587. The van der Waals surface area contributed by atoms with E-state index in [0.717, 1.165) is 16.8 Å². The number of rotatable bonds is 6. The van der Waals surface area contributed by atoms with E-state index >= 15 is 0 Å². The molecular weight excluding hydrogens is 266 g/mol. The minimum atomic E-state index is -0.0571. The zero-order chi connectivity index (χ0) is 15.2. The standard InChI is InChI=1S/C16H21N3O2/c1-11(2)15(10-21)19-16-8-17-7-14(18-16)13-5-3-4-12(6-13)9-20/h3-8,11,15,20-21H,9-10H2,1-2H3,(H,18,19)/t15-/m1/s1. The Hall–Kier alpha value is -1.98. The van der Waals surface area contributed by atoms with Crippen LogP contribution in [0.4, 0.5) is 5.82 Å². The number of hydrogen-bond acceptors (Lipinski definition) is 5. The van der Waals surface area contributed by atoms with Crippen molar-refractivity contribution in [2.75, 3.05) is 11.9 Å². The Morgan fingerprint density at radius 1 is 1.19 bits per heavy atom. The van der Waals surface area contributed by atoms with Gasteiger partial charge in [0.05, 0.1) is 37.3 Å². The van der Waals surface area contributed by atoms with Gasteiger partial charge in [-0.2, -0.15) is 0 Å². The van der Waals surface area contributed by atoms with Crippen molar-refractivity contribution in [1.82, 2.24) is 9.97 Å². The lowest BCUT2D eigenvalue weighted by Gasteiger charge is -2.20. The highest BCUT2D eigenvalue weighted by atomic mass is 16.3. The number of aromatic nitrogens is 2. The van der Waals surface area contributed by atoms with Gasteiger partial charge in [-0.1, -0.05) is 32.0 Å². The van der Waals surface area contributed by atoms with Crippen molar-refractivity contribution in [3.63, 3.8) is 0 Å². The summed E-state index contributed by atoms with van der Waals surface area (Å²) in [5, 5.41) is 21.8. The monoisotopic (exact) mass is 287 g/mol. The quantitative estimate of drug-likeness (QED) is 0.758. The van der Waals surface area contributed by atoms with Crippen molar-refractivity contribution in [2.24, 2.45) is 5.92 Å². The maximum absolute atomic E-state index is 9.37. The summed E-state index contributed by atoms with van der Waals surface area (Å²) < 4.78 is 0. The van der Waals surface area contributed by atoms with Gasteiger partial charge in [0.2, 0.25) is 0 Å². The molecule has 0 aliphatic rings. The molecule has 0 fully saturated rings. The predicted octanol–water partition coefficient (Wildman–Crippen LogP) is 2.06. The molecule has 5 nitrogen and oxygen atoms in total. The molecule has 21 heavy (non-hydrogen) atoms. The number of benzene rings is 1. The van der Waals surface area contributed by atoms with Gasteiger partial charge in [0.25, 0.3) is 0 Å². The molecule has 0 unspecified atom stereocenters. The van der Waals surface area contributed by atoms with Crippen LogP contribution in [0.15, 0.2) is 36.7 Å². The van der Waals surface area contributed by atoms with Crippen LogP contribution < -0.4 is 5.32 Å². The summed E-state index contributed by atoms with van der Waals surface area (Å²) in [5.41, 5.74) is 2.47. The van der Waals surface area contributed by atoms with Crippen LogP contribution in [-0.2, 0) is 6.61 Å². The average Bonchev–Trinajstić information content (AvgIpc) is 2.52. The van der Waals surface area contributed by atoms with Crippen molar-refractivity contribution in [3.05, 3.63) is 42.2 Å². The first kappa shape index (κ1) is 15.4. The molecule has 0 aliphatic heterocycles. The summed E-state index contributed by atoms with van der Waals surface area (Å²) in [7, 11) is 0. The van der Waals surface area contributed by atoms with Crippen LogP contribution in [0.3, 0.4) is 0 Å². The van der Waals surface area contributed by atoms with Gasteiger partial charge >= 0.3 is 0 Å². The molecule has 5 heteroatoms. The van der Waals surface area contributed by atoms with E-state index in [2.05, 4.69) is 15.3 Å². The molecule has 3 N–H and O–H groups in total. The summed E-state index contributed by atoms with van der Waals surface area (Å²) in [6.07, 6.45) is 3.33. The van der Waals surface area contributed by atoms with E-state index in [1.807, 2.05) is 38.1 Å². The van der Waals surface area contributed by atoms with Gasteiger partial charge in [-0.15, -0.1) is 0 Å². The second-order valence-electron chi connectivity index (χ2n) is 5.33. The number of nitrogens with one attached hydrogen (secondary N) is 1. The van der Waals surface area contributed by atoms with Crippen LogP contribution in [0.1, 0.15) is 19.4 Å². The van der Waals surface area contributed by atoms with Crippen molar-refractivity contribution in [1.29, 1.82) is 0 Å². The number of aliphatic hydroxyl groups is 2. The molecule has 112 valence electrons. The fourth-order valence-corrected chi connectivity index (χ4v) is 2.02. The second kappa shape index (κ2) is 7.15. The number of aliphatic hydroxyl groups excluding tert-OH is 2. The highest BCUT2D eigenvalue weighted by Gasteiger charge is 2.13. The van der Waals surface area contributed by atoms with E-state index in [1.165, 1.54) is 0 Å². The predicted molar refractivity (Wildman–Crippen MR) is 82.7 cm³/mol. The number of hydrogen-bond donors (Lipinski definition) is 3. The normalized spacial score (nSPS) is 12.4. The molecule has 2 aromatic rings. The minimum absolute atomic E-state index is 0.000848. The molecule has 1 heterocycles. The Morgan fingerprint density at radius 2 is 2.00 bits per heavy atom. The molecule has 0 spiro atoms. The van der Waals surface area contributed by atoms with Crippen molar-refractivity contribution >= 4 is 5.82 Å². The Morgan fingerprint density at radius 3 is 2.67 bits per heavy atom. The zero-order valence-electron chi connectivity index (χ0n) is 12.3. The molecule has 0 saturated heterocycles. The molecule has 0 amide bonds. The minimum Gasteiger partial charge on any atom is -0.394 e. The van der Waals surface area contributed by atoms with Gasteiger partial charge < -0.3 is 15.5 Å². The Labute approximate surface area is 124 Å². The molecule has 0 bridgehead atoms. The van der Waals surface area contributed by atoms with E-state index in [4.69, 9.17) is 0 Å². The largest absolute Gasteiger partial charge is 0.394 e. The molecule has 1 aromatic heterocycles. The molecule has 2 rings (SSSR count). The third-order valence-electron chi connectivity index (χ3n) is 3.37. The fraction of sp³-hybridized carbons (Fsp3) is 0.375. The smallest absolute Gasteiger partial charge is 0.145 e. The lowest BCUT2D eigenvalue weighted by atomic mass is 10.1. The summed E-state index contributed by atoms with van der Waals surface area (Å²) in [4.78, 5) is 8.72. The van der Waals surface area contributed by atoms with E-state index in [0.29, 0.717) is 5.82 Å². The van der Waals surface area contributed by atoms with Gasteiger partial charge in [-0.25, -0.2) is 4.98 Å². The van der Waals surface area contributed by atoms with Crippen LogP contribution in [0, 0.1) is 5.92 Å². The SMILES string of the molecule is CC(C)[C@@H](CO)Nc1cncc(-c2cccc(CO)c2)n1. The van der Waals surface area contributed by atoms with Crippen LogP contribution >= 0.6 is 0 Å². The van der Waals surface area contributed by atoms with E-state index in [-0.39, 0.29) is 25.2 Å². The van der Waals surface area contributed by atoms with E-state index in [9.17, 15) is 10.2 Å².